The summed E-state index contributed by atoms with van der Waals surface area (Å²) in [6, 6.07) is 4.54. The van der Waals surface area contributed by atoms with Crippen LogP contribution in [0.3, 0.4) is 0 Å². The van der Waals surface area contributed by atoms with Gasteiger partial charge in [0.2, 0.25) is 10.0 Å². The van der Waals surface area contributed by atoms with Crippen molar-refractivity contribution in [2.24, 2.45) is 0 Å². The van der Waals surface area contributed by atoms with Gasteiger partial charge in [0, 0.05) is 19.2 Å². The third-order valence-corrected chi connectivity index (χ3v) is 4.98. The van der Waals surface area contributed by atoms with Crippen LogP contribution in [0, 0.1) is 0 Å². The molecule has 1 aliphatic heterocycles. The minimum Gasteiger partial charge on any atom is -0.495 e. The molecule has 1 aromatic rings. The second kappa shape index (κ2) is 5.22. The fourth-order valence-corrected chi connectivity index (χ4v) is 3.60. The van der Waals surface area contributed by atoms with Crippen molar-refractivity contribution in [3.8, 4) is 5.75 Å². The number of nitrogens with two attached hydrogens (primary N) is 1. The molecule has 0 unspecified atom stereocenters. The Bertz CT molecular complexity index is 608. The van der Waals surface area contributed by atoms with Gasteiger partial charge in [0.25, 0.3) is 0 Å². The quantitative estimate of drug-likeness (QED) is 0.675. The van der Waals surface area contributed by atoms with Crippen LogP contribution in [0.15, 0.2) is 34.7 Å². The Kier molecular flexibility index (Phi) is 3.82. The van der Waals surface area contributed by atoms with Gasteiger partial charge >= 0.3 is 0 Å². The standard InChI is InChI=1S/C13H18N2O3S/c1-10-4-3-7-15(9-10)19(16,17)11-5-6-12(14)13(8-11)18-2/h4-6,8H,3,7,9,14H2,1-2H3. The molecule has 0 saturated carbocycles. The van der Waals surface area contributed by atoms with Crippen LogP contribution in [0.4, 0.5) is 5.69 Å². The maximum atomic E-state index is 12.5. The SMILES string of the molecule is COc1cc(S(=O)(=O)N2CCC=C(C)C2)ccc1N. The molecule has 1 heterocycles. The lowest BCUT2D eigenvalue weighted by Gasteiger charge is -2.25. The Morgan fingerprint density at radius 1 is 1.37 bits per heavy atom. The summed E-state index contributed by atoms with van der Waals surface area (Å²) in [5, 5.41) is 0. The van der Waals surface area contributed by atoms with Crippen molar-refractivity contribution in [2.75, 3.05) is 25.9 Å². The Balaban J connectivity index is 2.37. The van der Waals surface area contributed by atoms with Crippen molar-refractivity contribution < 1.29 is 13.2 Å². The molecule has 0 atom stereocenters. The number of rotatable bonds is 3. The first kappa shape index (κ1) is 13.9. The van der Waals surface area contributed by atoms with Crippen LogP contribution in [0.1, 0.15) is 13.3 Å². The van der Waals surface area contributed by atoms with Crippen LogP contribution in [0.5, 0.6) is 5.75 Å². The molecule has 104 valence electrons. The van der Waals surface area contributed by atoms with Crippen molar-refractivity contribution in [1.82, 2.24) is 4.31 Å². The highest BCUT2D eigenvalue weighted by Crippen LogP contribution is 2.27. The number of ether oxygens (including phenoxy) is 1. The maximum Gasteiger partial charge on any atom is 0.243 e. The van der Waals surface area contributed by atoms with E-state index in [1.165, 1.54) is 23.5 Å². The second-order valence-corrected chi connectivity index (χ2v) is 6.52. The molecule has 0 aromatic heterocycles. The number of benzene rings is 1. The van der Waals surface area contributed by atoms with Crippen molar-refractivity contribution in [1.29, 1.82) is 0 Å². The van der Waals surface area contributed by atoms with E-state index in [-0.39, 0.29) is 4.90 Å². The van der Waals surface area contributed by atoms with E-state index in [9.17, 15) is 8.42 Å². The van der Waals surface area contributed by atoms with Crippen LogP contribution in [-0.4, -0.2) is 32.9 Å². The van der Waals surface area contributed by atoms with E-state index in [4.69, 9.17) is 10.5 Å². The van der Waals surface area contributed by atoms with Crippen LogP contribution in [0.2, 0.25) is 0 Å². The monoisotopic (exact) mass is 282 g/mol. The average Bonchev–Trinajstić information content (AvgIpc) is 2.39. The summed E-state index contributed by atoms with van der Waals surface area (Å²) in [6.07, 6.45) is 2.81. The molecule has 5 nitrogen and oxygen atoms in total. The van der Waals surface area contributed by atoms with Crippen LogP contribution >= 0.6 is 0 Å². The number of nitrogen functional groups attached to an aromatic ring is 1. The predicted octanol–water partition coefficient (Wildman–Crippen LogP) is 1.62. The molecule has 2 rings (SSSR count). The highest BCUT2D eigenvalue weighted by atomic mass is 32.2. The van der Waals surface area contributed by atoms with Gasteiger partial charge in [0.15, 0.2) is 0 Å². The van der Waals surface area contributed by atoms with Gasteiger partial charge < -0.3 is 10.5 Å². The zero-order valence-electron chi connectivity index (χ0n) is 11.1. The Hall–Kier alpha value is -1.53. The van der Waals surface area contributed by atoms with E-state index in [0.717, 1.165) is 12.0 Å². The lowest BCUT2D eigenvalue weighted by Crippen LogP contribution is -2.35. The molecule has 0 saturated heterocycles. The molecule has 0 fully saturated rings. The van der Waals surface area contributed by atoms with Crippen molar-refractivity contribution in [2.45, 2.75) is 18.2 Å². The zero-order chi connectivity index (χ0) is 14.0. The molecule has 6 heteroatoms. The van der Waals surface area contributed by atoms with E-state index < -0.39 is 10.0 Å². The molecule has 0 radical (unpaired) electrons. The number of hydrogen-bond donors (Lipinski definition) is 1. The van der Waals surface area contributed by atoms with Gasteiger partial charge in [-0.05, 0) is 25.5 Å². The molecule has 1 aliphatic rings. The minimum atomic E-state index is -3.49. The molecular formula is C13H18N2O3S. The molecule has 19 heavy (non-hydrogen) atoms. The molecule has 0 spiro atoms. The lowest BCUT2D eigenvalue weighted by atomic mass is 10.2. The summed E-state index contributed by atoms with van der Waals surface area (Å²) in [5.41, 5.74) is 7.20. The van der Waals surface area contributed by atoms with Crippen LogP contribution in [-0.2, 0) is 10.0 Å². The molecule has 2 N–H and O–H groups in total. The van der Waals surface area contributed by atoms with Gasteiger partial charge in [0.05, 0.1) is 17.7 Å². The summed E-state index contributed by atoms with van der Waals surface area (Å²) in [4.78, 5) is 0.216. The van der Waals surface area contributed by atoms with Crippen LogP contribution in [0.25, 0.3) is 0 Å². The Morgan fingerprint density at radius 2 is 2.11 bits per heavy atom. The van der Waals surface area contributed by atoms with E-state index >= 15 is 0 Å². The second-order valence-electron chi connectivity index (χ2n) is 4.58. The van der Waals surface area contributed by atoms with Crippen molar-refractivity contribution in [3.05, 3.63) is 29.8 Å². The Morgan fingerprint density at radius 3 is 2.74 bits per heavy atom. The fraction of sp³-hybridized carbons (Fsp3) is 0.385. The van der Waals surface area contributed by atoms with Crippen LogP contribution < -0.4 is 10.5 Å². The highest BCUT2D eigenvalue weighted by molar-refractivity contribution is 7.89. The summed E-state index contributed by atoms with van der Waals surface area (Å²) >= 11 is 0. The van der Waals surface area contributed by atoms with Crippen molar-refractivity contribution >= 4 is 15.7 Å². The molecule has 1 aromatic carbocycles. The first-order chi connectivity index (χ1) is 8.95. The lowest BCUT2D eigenvalue weighted by molar-refractivity contribution is 0.412. The highest BCUT2D eigenvalue weighted by Gasteiger charge is 2.26. The minimum absolute atomic E-state index is 0.216. The number of nitrogens with zero attached hydrogens (tertiary/aromatic N) is 1. The van der Waals surface area contributed by atoms with Gasteiger partial charge in [-0.15, -0.1) is 0 Å². The first-order valence-corrected chi connectivity index (χ1v) is 7.48. The number of hydrogen-bond acceptors (Lipinski definition) is 4. The third-order valence-electron chi connectivity index (χ3n) is 3.14. The zero-order valence-corrected chi connectivity index (χ0v) is 11.9. The summed E-state index contributed by atoms with van der Waals surface area (Å²) < 4.78 is 31.6. The topological polar surface area (TPSA) is 72.6 Å². The van der Waals surface area contributed by atoms with Gasteiger partial charge in [-0.1, -0.05) is 11.6 Å². The van der Waals surface area contributed by atoms with Gasteiger partial charge in [-0.3, -0.25) is 0 Å². The van der Waals surface area contributed by atoms with E-state index in [1.54, 1.807) is 6.07 Å². The largest absolute Gasteiger partial charge is 0.495 e. The molecule has 0 amide bonds. The number of methoxy groups -OCH3 is 1. The van der Waals surface area contributed by atoms with Gasteiger partial charge in [-0.2, -0.15) is 4.31 Å². The van der Waals surface area contributed by atoms with Crippen molar-refractivity contribution in [3.63, 3.8) is 0 Å². The summed E-state index contributed by atoms with van der Waals surface area (Å²) in [5.74, 6) is 0.380. The molecule has 0 aliphatic carbocycles. The van der Waals surface area contributed by atoms with Gasteiger partial charge in [0.1, 0.15) is 5.75 Å². The maximum absolute atomic E-state index is 12.5. The molecule has 0 bridgehead atoms. The summed E-state index contributed by atoms with van der Waals surface area (Å²) in [6.45, 7) is 2.88. The summed E-state index contributed by atoms with van der Waals surface area (Å²) in [7, 11) is -2.02. The van der Waals surface area contributed by atoms with Gasteiger partial charge in [-0.25, -0.2) is 8.42 Å². The number of sulfonamides is 1. The smallest absolute Gasteiger partial charge is 0.243 e. The first-order valence-electron chi connectivity index (χ1n) is 6.04. The Labute approximate surface area is 113 Å². The average molecular weight is 282 g/mol. The predicted molar refractivity (Wildman–Crippen MR) is 74.5 cm³/mol. The van der Waals surface area contributed by atoms with E-state index in [1.807, 2.05) is 6.92 Å². The fourth-order valence-electron chi connectivity index (χ4n) is 2.08. The van der Waals surface area contributed by atoms with E-state index in [0.29, 0.717) is 24.5 Å². The number of anilines is 1. The molecular weight excluding hydrogens is 264 g/mol. The third kappa shape index (κ3) is 2.74. The normalized spacial score (nSPS) is 17.1. The van der Waals surface area contributed by atoms with E-state index in [2.05, 4.69) is 6.08 Å².